The SMILES string of the molecule is OB(O)c1cnc(NC2CCN(Cc3ccccc3)CC2)nc1. The van der Waals surface area contributed by atoms with Crippen molar-refractivity contribution < 1.29 is 10.0 Å². The van der Waals surface area contributed by atoms with Gasteiger partial charge in [-0.1, -0.05) is 30.3 Å². The molecule has 1 saturated heterocycles. The number of nitrogens with zero attached hydrogens (tertiary/aromatic N) is 3. The van der Waals surface area contributed by atoms with Crippen LogP contribution in [0.3, 0.4) is 0 Å². The van der Waals surface area contributed by atoms with Gasteiger partial charge in [0.15, 0.2) is 0 Å². The zero-order valence-corrected chi connectivity index (χ0v) is 13.0. The minimum absolute atomic E-state index is 0.299. The number of nitrogens with one attached hydrogen (secondary N) is 1. The lowest BCUT2D eigenvalue weighted by atomic mass is 9.83. The van der Waals surface area contributed by atoms with Crippen LogP contribution < -0.4 is 10.8 Å². The highest BCUT2D eigenvalue weighted by Gasteiger charge is 2.20. The Balaban J connectivity index is 1.47. The lowest BCUT2D eigenvalue weighted by Gasteiger charge is -2.32. The van der Waals surface area contributed by atoms with Crippen molar-refractivity contribution >= 4 is 18.5 Å². The van der Waals surface area contributed by atoms with Crippen LogP contribution in [0.5, 0.6) is 0 Å². The number of piperidine rings is 1. The lowest BCUT2D eigenvalue weighted by Crippen LogP contribution is -2.39. The predicted octanol–water partition coefficient (Wildman–Crippen LogP) is 0.233. The second-order valence-corrected chi connectivity index (χ2v) is 5.89. The van der Waals surface area contributed by atoms with Crippen LogP contribution >= 0.6 is 0 Å². The Morgan fingerprint density at radius 3 is 2.35 bits per heavy atom. The number of aromatic nitrogens is 2. The second kappa shape index (κ2) is 7.54. The summed E-state index contributed by atoms with van der Waals surface area (Å²) in [6, 6.07) is 10.9. The zero-order valence-electron chi connectivity index (χ0n) is 13.0. The molecule has 2 heterocycles. The summed E-state index contributed by atoms with van der Waals surface area (Å²) in [5.41, 5.74) is 1.65. The average molecular weight is 312 g/mol. The Morgan fingerprint density at radius 2 is 1.74 bits per heavy atom. The Morgan fingerprint density at radius 1 is 1.09 bits per heavy atom. The highest BCUT2D eigenvalue weighted by atomic mass is 16.4. The average Bonchev–Trinajstić information content (AvgIpc) is 2.58. The van der Waals surface area contributed by atoms with Crippen molar-refractivity contribution in [1.29, 1.82) is 0 Å². The molecule has 2 aromatic rings. The standard InChI is InChI=1S/C16H21BN4O2/c22-17(23)14-10-18-16(19-11-14)20-15-6-8-21(9-7-15)12-13-4-2-1-3-5-13/h1-5,10-11,15,22-23H,6-9,12H2,(H,18,19,20). The summed E-state index contributed by atoms with van der Waals surface area (Å²) in [4.78, 5) is 10.7. The summed E-state index contributed by atoms with van der Waals surface area (Å²) in [7, 11) is -1.52. The van der Waals surface area contributed by atoms with Crippen LogP contribution in [-0.2, 0) is 6.54 Å². The molecule has 1 aromatic heterocycles. The van der Waals surface area contributed by atoms with Crippen molar-refractivity contribution in [3.8, 4) is 0 Å². The summed E-state index contributed by atoms with van der Waals surface area (Å²) in [5, 5.41) is 21.4. The fourth-order valence-electron chi connectivity index (χ4n) is 2.81. The van der Waals surface area contributed by atoms with Crippen LogP contribution in [-0.4, -0.2) is 51.2 Å². The van der Waals surface area contributed by atoms with E-state index in [9.17, 15) is 0 Å². The van der Waals surface area contributed by atoms with Crippen LogP contribution in [0, 0.1) is 0 Å². The van der Waals surface area contributed by atoms with E-state index < -0.39 is 7.12 Å². The summed E-state index contributed by atoms with van der Waals surface area (Å²) in [6.45, 7) is 3.08. The molecule has 0 radical (unpaired) electrons. The van der Waals surface area contributed by atoms with Gasteiger partial charge in [0.25, 0.3) is 0 Å². The van der Waals surface area contributed by atoms with Gasteiger partial charge in [-0.2, -0.15) is 0 Å². The summed E-state index contributed by atoms with van der Waals surface area (Å²) >= 11 is 0. The second-order valence-electron chi connectivity index (χ2n) is 5.89. The Hall–Kier alpha value is -1.96. The first-order valence-electron chi connectivity index (χ1n) is 7.91. The lowest BCUT2D eigenvalue weighted by molar-refractivity contribution is 0.211. The van der Waals surface area contributed by atoms with E-state index in [0.29, 0.717) is 17.5 Å². The number of hydrogen-bond acceptors (Lipinski definition) is 6. The quantitative estimate of drug-likeness (QED) is 0.686. The number of rotatable bonds is 5. The predicted molar refractivity (Wildman–Crippen MR) is 90.2 cm³/mol. The molecule has 7 heteroatoms. The Bertz CT molecular complexity index is 601. The molecule has 23 heavy (non-hydrogen) atoms. The van der Waals surface area contributed by atoms with Gasteiger partial charge in [0, 0.05) is 43.5 Å². The molecule has 1 aliphatic rings. The molecule has 1 aliphatic heterocycles. The number of anilines is 1. The van der Waals surface area contributed by atoms with Gasteiger partial charge in [0.2, 0.25) is 5.95 Å². The third-order valence-corrected chi connectivity index (χ3v) is 4.14. The van der Waals surface area contributed by atoms with Gasteiger partial charge in [0.05, 0.1) is 0 Å². The molecule has 0 aliphatic carbocycles. The van der Waals surface area contributed by atoms with Crippen LogP contribution in [0.2, 0.25) is 0 Å². The van der Waals surface area contributed by atoms with Crippen LogP contribution in [0.1, 0.15) is 18.4 Å². The first kappa shape index (κ1) is 15.9. The minimum atomic E-state index is -1.52. The van der Waals surface area contributed by atoms with E-state index in [1.165, 1.54) is 18.0 Å². The Labute approximate surface area is 136 Å². The smallest absolute Gasteiger partial charge is 0.423 e. The fraction of sp³-hybridized carbons (Fsp3) is 0.375. The number of benzene rings is 1. The van der Waals surface area contributed by atoms with Gasteiger partial charge in [-0.05, 0) is 18.4 Å². The van der Waals surface area contributed by atoms with E-state index in [0.717, 1.165) is 32.5 Å². The van der Waals surface area contributed by atoms with Gasteiger partial charge in [0.1, 0.15) is 0 Å². The van der Waals surface area contributed by atoms with Gasteiger partial charge in [-0.25, -0.2) is 9.97 Å². The zero-order chi connectivity index (χ0) is 16.1. The third kappa shape index (κ3) is 4.51. The molecular weight excluding hydrogens is 291 g/mol. The highest BCUT2D eigenvalue weighted by Crippen LogP contribution is 2.16. The summed E-state index contributed by atoms with van der Waals surface area (Å²) < 4.78 is 0. The molecule has 120 valence electrons. The van der Waals surface area contributed by atoms with Gasteiger partial charge in [-0.15, -0.1) is 0 Å². The summed E-state index contributed by atoms with van der Waals surface area (Å²) in [5.74, 6) is 0.538. The normalized spacial score (nSPS) is 16.3. The molecule has 1 aromatic carbocycles. The Kier molecular flexibility index (Phi) is 5.22. The van der Waals surface area contributed by atoms with Crippen molar-refractivity contribution in [3.63, 3.8) is 0 Å². The molecule has 0 unspecified atom stereocenters. The van der Waals surface area contributed by atoms with E-state index in [1.54, 1.807) is 0 Å². The molecule has 0 saturated carbocycles. The molecule has 0 atom stereocenters. The largest absolute Gasteiger partial charge is 0.491 e. The van der Waals surface area contributed by atoms with E-state index in [2.05, 4.69) is 44.5 Å². The van der Waals surface area contributed by atoms with Crippen molar-refractivity contribution in [1.82, 2.24) is 14.9 Å². The monoisotopic (exact) mass is 312 g/mol. The van der Waals surface area contributed by atoms with Gasteiger partial charge in [-0.3, -0.25) is 4.90 Å². The molecule has 1 fully saturated rings. The number of hydrogen-bond donors (Lipinski definition) is 3. The molecule has 0 spiro atoms. The first-order chi connectivity index (χ1) is 11.2. The van der Waals surface area contributed by atoms with E-state index >= 15 is 0 Å². The molecule has 3 rings (SSSR count). The maximum Gasteiger partial charge on any atom is 0.491 e. The van der Waals surface area contributed by atoms with E-state index in [-0.39, 0.29) is 0 Å². The van der Waals surface area contributed by atoms with E-state index in [1.807, 2.05) is 6.07 Å². The maximum absolute atomic E-state index is 9.04. The minimum Gasteiger partial charge on any atom is -0.423 e. The van der Waals surface area contributed by atoms with Gasteiger partial charge >= 0.3 is 7.12 Å². The molecule has 3 N–H and O–H groups in total. The van der Waals surface area contributed by atoms with E-state index in [4.69, 9.17) is 10.0 Å². The molecule has 0 bridgehead atoms. The fourth-order valence-corrected chi connectivity index (χ4v) is 2.81. The van der Waals surface area contributed by atoms with Gasteiger partial charge < -0.3 is 15.4 Å². The van der Waals surface area contributed by atoms with Crippen LogP contribution in [0.15, 0.2) is 42.7 Å². The van der Waals surface area contributed by atoms with Crippen LogP contribution in [0.25, 0.3) is 0 Å². The first-order valence-corrected chi connectivity index (χ1v) is 7.91. The van der Waals surface area contributed by atoms with Crippen molar-refractivity contribution in [2.75, 3.05) is 18.4 Å². The molecule has 6 nitrogen and oxygen atoms in total. The highest BCUT2D eigenvalue weighted by molar-refractivity contribution is 6.58. The third-order valence-electron chi connectivity index (χ3n) is 4.14. The van der Waals surface area contributed by atoms with Crippen LogP contribution in [0.4, 0.5) is 5.95 Å². The topological polar surface area (TPSA) is 81.5 Å². The number of likely N-dealkylation sites (tertiary alicyclic amines) is 1. The van der Waals surface area contributed by atoms with Crippen molar-refractivity contribution in [2.24, 2.45) is 0 Å². The molecular formula is C16H21BN4O2. The molecule has 0 amide bonds. The van der Waals surface area contributed by atoms with Crippen molar-refractivity contribution in [2.45, 2.75) is 25.4 Å². The maximum atomic E-state index is 9.04. The van der Waals surface area contributed by atoms with Crippen molar-refractivity contribution in [3.05, 3.63) is 48.3 Å². The summed E-state index contributed by atoms with van der Waals surface area (Å²) in [6.07, 6.45) is 4.95.